The van der Waals surface area contributed by atoms with Gasteiger partial charge in [0.2, 0.25) is 0 Å². The molecule has 1 amide bonds. The number of carbonyl (C=O) groups excluding carboxylic acids is 1. The number of nitrogens with zero attached hydrogens (tertiary/aromatic N) is 2. The van der Waals surface area contributed by atoms with Gasteiger partial charge in [0.1, 0.15) is 23.8 Å². The third kappa shape index (κ3) is 3.66. The molecule has 7 heteroatoms. The van der Waals surface area contributed by atoms with Crippen LogP contribution in [0.3, 0.4) is 0 Å². The number of aromatic amines is 1. The Morgan fingerprint density at radius 3 is 2.58 bits per heavy atom. The number of aryl methyl sites for hydroxylation is 1. The molecule has 134 valence electrons. The van der Waals surface area contributed by atoms with Crippen LogP contribution in [0.1, 0.15) is 28.5 Å². The molecule has 0 spiro atoms. The van der Waals surface area contributed by atoms with Crippen LogP contribution in [-0.2, 0) is 13.0 Å². The highest BCUT2D eigenvalue weighted by molar-refractivity contribution is 5.96. The molecule has 3 N–H and O–H groups in total. The minimum atomic E-state index is -0.640. The number of benzene rings is 2. The smallest absolute Gasteiger partial charge is 0.271 e. The molecule has 26 heavy (non-hydrogen) atoms. The first-order valence-electron chi connectivity index (χ1n) is 8.22. The lowest BCUT2D eigenvalue weighted by Crippen LogP contribution is -2.12. The van der Waals surface area contributed by atoms with Crippen LogP contribution in [0, 0.1) is 0 Å². The summed E-state index contributed by atoms with van der Waals surface area (Å²) < 4.78 is 11.3. The van der Waals surface area contributed by atoms with E-state index in [1.165, 1.54) is 5.56 Å². The van der Waals surface area contributed by atoms with Gasteiger partial charge in [-0.2, -0.15) is 15.4 Å². The van der Waals surface area contributed by atoms with Crippen molar-refractivity contribution in [1.82, 2.24) is 15.4 Å². The second kappa shape index (κ2) is 7.69. The van der Waals surface area contributed by atoms with E-state index in [2.05, 4.69) is 22.3 Å². The van der Waals surface area contributed by atoms with Crippen molar-refractivity contribution in [3.8, 4) is 22.8 Å². The highest BCUT2D eigenvalue weighted by Gasteiger charge is 2.17. The van der Waals surface area contributed by atoms with Crippen molar-refractivity contribution >= 4 is 5.91 Å². The van der Waals surface area contributed by atoms with Gasteiger partial charge in [0, 0.05) is 11.1 Å². The average molecular weight is 352 g/mol. The molecule has 0 aliphatic heterocycles. The van der Waals surface area contributed by atoms with Crippen LogP contribution in [-0.4, -0.2) is 28.4 Å². The Labute approximate surface area is 151 Å². The Morgan fingerprint density at radius 2 is 1.92 bits per heavy atom. The molecule has 0 fully saturated rings. The first-order valence-corrected chi connectivity index (χ1v) is 8.22. The molecule has 0 aliphatic rings. The monoisotopic (exact) mass is 352 g/mol. The number of rotatable bonds is 7. The van der Waals surface area contributed by atoms with Crippen LogP contribution in [0.15, 0.2) is 42.5 Å². The summed E-state index contributed by atoms with van der Waals surface area (Å²) in [7, 11) is 1.60. The van der Waals surface area contributed by atoms with Crippen molar-refractivity contribution < 1.29 is 14.3 Å². The number of hydrogen-bond donors (Lipinski definition) is 2. The van der Waals surface area contributed by atoms with E-state index in [9.17, 15) is 4.79 Å². The zero-order valence-corrected chi connectivity index (χ0v) is 14.7. The predicted octanol–water partition coefficient (Wildman–Crippen LogP) is 2.72. The summed E-state index contributed by atoms with van der Waals surface area (Å²) in [6, 6.07) is 13.4. The normalized spacial score (nSPS) is 10.5. The van der Waals surface area contributed by atoms with E-state index < -0.39 is 5.91 Å². The van der Waals surface area contributed by atoms with Crippen LogP contribution < -0.4 is 15.2 Å². The second-order valence-electron chi connectivity index (χ2n) is 5.70. The van der Waals surface area contributed by atoms with Gasteiger partial charge in [-0.25, -0.2) is 0 Å². The van der Waals surface area contributed by atoms with Crippen molar-refractivity contribution in [3.05, 3.63) is 59.3 Å². The molecular formula is C19H20N4O3. The van der Waals surface area contributed by atoms with Crippen LogP contribution in [0.5, 0.6) is 11.5 Å². The number of ether oxygens (including phenoxy) is 2. The number of nitrogens with one attached hydrogen (secondary N) is 1. The van der Waals surface area contributed by atoms with Crippen molar-refractivity contribution in [3.63, 3.8) is 0 Å². The molecule has 3 aromatic rings. The third-order valence-corrected chi connectivity index (χ3v) is 4.06. The number of amides is 1. The summed E-state index contributed by atoms with van der Waals surface area (Å²) in [5, 5.41) is 10.3. The number of hydrogen-bond acceptors (Lipinski definition) is 5. The molecule has 2 aromatic carbocycles. The molecule has 3 rings (SSSR count). The van der Waals surface area contributed by atoms with Crippen LogP contribution in [0.4, 0.5) is 0 Å². The van der Waals surface area contributed by atoms with Gasteiger partial charge in [0.05, 0.1) is 7.11 Å². The maximum absolute atomic E-state index is 11.5. The lowest BCUT2D eigenvalue weighted by atomic mass is 10.1. The maximum atomic E-state index is 11.5. The largest absolute Gasteiger partial charge is 0.496 e. The zero-order chi connectivity index (χ0) is 18.5. The number of H-pyrrole nitrogens is 1. The third-order valence-electron chi connectivity index (χ3n) is 4.06. The molecule has 0 atom stereocenters. The van der Waals surface area contributed by atoms with Crippen LogP contribution in [0.2, 0.25) is 0 Å². The molecule has 0 aliphatic carbocycles. The molecule has 0 bridgehead atoms. The number of methoxy groups -OCH3 is 1. The summed E-state index contributed by atoms with van der Waals surface area (Å²) >= 11 is 0. The predicted molar refractivity (Wildman–Crippen MR) is 97.0 cm³/mol. The van der Waals surface area contributed by atoms with Gasteiger partial charge in [-0.15, -0.1) is 0 Å². The summed E-state index contributed by atoms with van der Waals surface area (Å²) in [4.78, 5) is 11.5. The Balaban J connectivity index is 1.85. The van der Waals surface area contributed by atoms with Gasteiger partial charge in [0.25, 0.3) is 5.91 Å². The lowest BCUT2D eigenvalue weighted by Gasteiger charge is -2.12. The van der Waals surface area contributed by atoms with Crippen LogP contribution >= 0.6 is 0 Å². The number of aromatic nitrogens is 3. The first-order chi connectivity index (χ1) is 12.6. The zero-order valence-electron chi connectivity index (χ0n) is 14.7. The van der Waals surface area contributed by atoms with Gasteiger partial charge >= 0.3 is 0 Å². The van der Waals surface area contributed by atoms with E-state index in [-0.39, 0.29) is 5.69 Å². The molecule has 0 unspecified atom stereocenters. The molecule has 0 saturated heterocycles. The molecular weight excluding hydrogens is 332 g/mol. The van der Waals surface area contributed by atoms with E-state index in [0.717, 1.165) is 17.7 Å². The van der Waals surface area contributed by atoms with Gasteiger partial charge in [-0.1, -0.05) is 19.1 Å². The van der Waals surface area contributed by atoms with Crippen molar-refractivity contribution in [2.45, 2.75) is 20.0 Å². The lowest BCUT2D eigenvalue weighted by molar-refractivity contribution is 0.0996. The summed E-state index contributed by atoms with van der Waals surface area (Å²) in [5.41, 5.74) is 8.61. The minimum Gasteiger partial charge on any atom is -0.496 e. The number of carbonyl (C=O) groups is 1. The van der Waals surface area contributed by atoms with E-state index in [0.29, 0.717) is 23.6 Å². The van der Waals surface area contributed by atoms with E-state index in [1.807, 2.05) is 30.3 Å². The quantitative estimate of drug-likeness (QED) is 0.680. The Kier molecular flexibility index (Phi) is 5.17. The first kappa shape index (κ1) is 17.5. The summed E-state index contributed by atoms with van der Waals surface area (Å²) in [6.07, 6.45) is 0.982. The Hall–Kier alpha value is -3.35. The highest BCUT2D eigenvalue weighted by Crippen LogP contribution is 2.28. The molecule has 0 saturated carbocycles. The molecule has 0 radical (unpaired) electrons. The Morgan fingerprint density at radius 1 is 1.15 bits per heavy atom. The van der Waals surface area contributed by atoms with E-state index in [4.69, 9.17) is 15.2 Å². The van der Waals surface area contributed by atoms with E-state index >= 15 is 0 Å². The molecule has 1 aromatic heterocycles. The van der Waals surface area contributed by atoms with Crippen LogP contribution in [0.25, 0.3) is 11.3 Å². The fraction of sp³-hybridized carbons (Fsp3) is 0.211. The van der Waals surface area contributed by atoms with E-state index in [1.54, 1.807) is 19.2 Å². The standard InChI is InChI=1S/C19H20N4O3/c1-3-12-4-7-15(8-5-12)26-11-14-10-13(6-9-16(14)25-2)17-18(19(20)24)22-23-21-17/h4-10H,3,11H2,1-2H3,(H2,20,24)(H,21,22,23). The Bertz CT molecular complexity index is 903. The summed E-state index contributed by atoms with van der Waals surface area (Å²) in [5.74, 6) is 0.815. The topological polar surface area (TPSA) is 103 Å². The van der Waals surface area contributed by atoms with Crippen molar-refractivity contribution in [1.29, 1.82) is 0 Å². The van der Waals surface area contributed by atoms with Gasteiger partial charge in [-0.05, 0) is 42.3 Å². The second-order valence-corrected chi connectivity index (χ2v) is 5.70. The summed E-state index contributed by atoms with van der Waals surface area (Å²) in [6.45, 7) is 2.42. The number of primary amides is 1. The van der Waals surface area contributed by atoms with Gasteiger partial charge in [-0.3, -0.25) is 4.79 Å². The average Bonchev–Trinajstić information content (AvgIpc) is 3.16. The van der Waals surface area contributed by atoms with Crippen molar-refractivity contribution in [2.75, 3.05) is 7.11 Å². The van der Waals surface area contributed by atoms with Crippen molar-refractivity contribution in [2.24, 2.45) is 5.73 Å². The van der Waals surface area contributed by atoms with Gasteiger partial charge in [0.15, 0.2) is 5.69 Å². The fourth-order valence-electron chi connectivity index (χ4n) is 2.63. The number of nitrogens with two attached hydrogens (primary N) is 1. The molecule has 1 heterocycles. The van der Waals surface area contributed by atoms with Gasteiger partial charge < -0.3 is 15.2 Å². The molecule has 7 nitrogen and oxygen atoms in total. The SMILES string of the molecule is CCc1ccc(OCc2cc(-c3n[nH]nc3C(N)=O)ccc2OC)cc1. The maximum Gasteiger partial charge on any atom is 0.271 e. The minimum absolute atomic E-state index is 0.0946. The fourth-order valence-corrected chi connectivity index (χ4v) is 2.63. The highest BCUT2D eigenvalue weighted by atomic mass is 16.5.